The topological polar surface area (TPSA) is 78.5 Å². The van der Waals surface area contributed by atoms with Gasteiger partial charge in [-0.2, -0.15) is 0 Å². The average molecular weight is 386 g/mol. The van der Waals surface area contributed by atoms with Crippen molar-refractivity contribution >= 4 is 11.8 Å². The Balaban J connectivity index is 1.52. The first-order valence-electron chi connectivity index (χ1n) is 10.3. The van der Waals surface area contributed by atoms with E-state index in [2.05, 4.69) is 23.8 Å². The first kappa shape index (κ1) is 19.2. The van der Waals surface area contributed by atoms with E-state index in [0.29, 0.717) is 19.0 Å². The van der Waals surface area contributed by atoms with Gasteiger partial charge in [-0.05, 0) is 12.8 Å². The van der Waals surface area contributed by atoms with Crippen LogP contribution >= 0.6 is 0 Å². The van der Waals surface area contributed by atoms with Crippen molar-refractivity contribution < 1.29 is 14.3 Å². The van der Waals surface area contributed by atoms with E-state index in [1.807, 2.05) is 24.0 Å². The molecule has 0 aromatic carbocycles. The third kappa shape index (κ3) is 2.96. The predicted molar refractivity (Wildman–Crippen MR) is 104 cm³/mol. The third-order valence-electron chi connectivity index (χ3n) is 6.62. The number of nitrogens with zero attached hydrogens (tertiary/aromatic N) is 3. The number of ether oxygens (including phenoxy) is 1. The molecule has 0 aliphatic carbocycles. The Kier molecular flexibility index (Phi) is 4.81. The first-order chi connectivity index (χ1) is 13.4. The lowest BCUT2D eigenvalue weighted by Gasteiger charge is -2.27. The van der Waals surface area contributed by atoms with Crippen molar-refractivity contribution in [1.82, 2.24) is 19.8 Å². The highest BCUT2D eigenvalue weighted by Crippen LogP contribution is 2.52. The van der Waals surface area contributed by atoms with Crippen molar-refractivity contribution in [2.45, 2.75) is 51.9 Å². The Hall–Kier alpha value is -2.15. The Labute approximate surface area is 166 Å². The maximum absolute atomic E-state index is 13.3. The molecule has 4 atom stereocenters. The fourth-order valence-electron chi connectivity index (χ4n) is 4.98. The van der Waals surface area contributed by atoms with Gasteiger partial charge in [0.25, 0.3) is 0 Å². The first-order valence-corrected chi connectivity index (χ1v) is 10.3. The van der Waals surface area contributed by atoms with Crippen LogP contribution in [0.5, 0.6) is 0 Å². The van der Waals surface area contributed by atoms with Gasteiger partial charge >= 0.3 is 0 Å². The van der Waals surface area contributed by atoms with Crippen LogP contribution in [-0.4, -0.2) is 63.4 Å². The van der Waals surface area contributed by atoms with Crippen molar-refractivity contribution in [1.29, 1.82) is 0 Å². The monoisotopic (exact) mass is 386 g/mol. The zero-order chi connectivity index (χ0) is 20.1. The van der Waals surface area contributed by atoms with Crippen LogP contribution in [0.1, 0.15) is 38.2 Å². The fraction of sp³-hybridized carbons (Fsp3) is 0.667. The van der Waals surface area contributed by atoms with Crippen LogP contribution < -0.4 is 0 Å². The summed E-state index contributed by atoms with van der Waals surface area (Å²) in [5.41, 5.74) is 0.333. The summed E-state index contributed by atoms with van der Waals surface area (Å²) >= 11 is 0. The highest BCUT2D eigenvalue weighted by molar-refractivity contribution is 5.93. The SMILES string of the molecule is CCC(CC)CN1C[C@]23C=C[C@H](O2)[C@H](C(=O)N(C)Cc2ncc(C)[nH]2)[C@@H]3C1=O. The lowest BCUT2D eigenvalue weighted by molar-refractivity contribution is -0.143. The maximum Gasteiger partial charge on any atom is 0.230 e. The van der Waals surface area contributed by atoms with E-state index >= 15 is 0 Å². The third-order valence-corrected chi connectivity index (χ3v) is 6.62. The highest BCUT2D eigenvalue weighted by atomic mass is 16.5. The molecule has 7 heteroatoms. The highest BCUT2D eigenvalue weighted by Gasteiger charge is 2.67. The number of hydrogen-bond donors (Lipinski definition) is 1. The second-order valence-electron chi connectivity index (χ2n) is 8.51. The van der Waals surface area contributed by atoms with E-state index in [0.717, 1.165) is 30.9 Å². The number of carbonyl (C=O) groups excluding carboxylic acids is 2. The molecule has 1 aromatic rings. The van der Waals surface area contributed by atoms with Crippen LogP contribution in [-0.2, 0) is 20.9 Å². The van der Waals surface area contributed by atoms with E-state index in [1.165, 1.54) is 0 Å². The van der Waals surface area contributed by atoms with Gasteiger partial charge in [0.1, 0.15) is 11.4 Å². The zero-order valence-electron chi connectivity index (χ0n) is 17.1. The number of aryl methyl sites for hydroxylation is 1. The molecular weight excluding hydrogens is 356 g/mol. The number of likely N-dealkylation sites (tertiary alicyclic amines) is 1. The van der Waals surface area contributed by atoms with E-state index in [-0.39, 0.29) is 17.9 Å². The Morgan fingerprint density at radius 2 is 2.21 bits per heavy atom. The number of imidazole rings is 1. The number of fused-ring (bicyclic) bond motifs is 1. The van der Waals surface area contributed by atoms with Crippen LogP contribution in [0.25, 0.3) is 0 Å². The van der Waals surface area contributed by atoms with Gasteiger partial charge < -0.3 is 19.5 Å². The minimum atomic E-state index is -0.629. The van der Waals surface area contributed by atoms with Gasteiger partial charge in [-0.15, -0.1) is 0 Å². The summed E-state index contributed by atoms with van der Waals surface area (Å²) in [4.78, 5) is 37.6. The van der Waals surface area contributed by atoms with Gasteiger partial charge in [-0.25, -0.2) is 4.98 Å². The molecule has 152 valence electrons. The largest absolute Gasteiger partial charge is 0.360 e. The summed E-state index contributed by atoms with van der Waals surface area (Å²) < 4.78 is 6.23. The number of aromatic amines is 1. The number of aromatic nitrogens is 2. The molecule has 3 aliphatic rings. The van der Waals surface area contributed by atoms with Crippen LogP contribution in [0.15, 0.2) is 18.3 Å². The predicted octanol–water partition coefficient (Wildman–Crippen LogP) is 1.89. The quantitative estimate of drug-likeness (QED) is 0.726. The summed E-state index contributed by atoms with van der Waals surface area (Å²) in [6, 6.07) is 0. The van der Waals surface area contributed by atoms with Crippen molar-refractivity contribution in [2.75, 3.05) is 20.1 Å². The average Bonchev–Trinajstić information content (AvgIpc) is 3.41. The molecule has 4 heterocycles. The van der Waals surface area contributed by atoms with Gasteiger partial charge in [0.05, 0.1) is 31.0 Å². The molecule has 3 aliphatic heterocycles. The van der Waals surface area contributed by atoms with Gasteiger partial charge in [0.2, 0.25) is 11.8 Å². The molecule has 0 radical (unpaired) electrons. The fourth-order valence-corrected chi connectivity index (χ4v) is 4.98. The number of carbonyl (C=O) groups is 2. The molecule has 0 saturated carbocycles. The van der Waals surface area contributed by atoms with Crippen molar-refractivity contribution in [3.05, 3.63) is 29.9 Å². The molecular formula is C21H30N4O3. The normalized spacial score (nSPS) is 30.5. The van der Waals surface area contributed by atoms with Crippen LogP contribution in [0.3, 0.4) is 0 Å². The number of hydrogen-bond acceptors (Lipinski definition) is 4. The summed E-state index contributed by atoms with van der Waals surface area (Å²) in [5, 5.41) is 0. The summed E-state index contributed by atoms with van der Waals surface area (Å²) in [6.45, 7) is 7.95. The van der Waals surface area contributed by atoms with E-state index in [9.17, 15) is 9.59 Å². The molecule has 7 nitrogen and oxygen atoms in total. The molecule has 1 N–H and O–H groups in total. The maximum atomic E-state index is 13.3. The van der Waals surface area contributed by atoms with E-state index in [4.69, 9.17) is 4.74 Å². The lowest BCUT2D eigenvalue weighted by Crippen LogP contribution is -2.44. The van der Waals surface area contributed by atoms with Crippen molar-refractivity contribution in [3.63, 3.8) is 0 Å². The molecule has 1 spiro atoms. The molecule has 2 fully saturated rings. The Bertz CT molecular complexity index is 799. The molecule has 4 rings (SSSR count). The second kappa shape index (κ2) is 7.03. The zero-order valence-corrected chi connectivity index (χ0v) is 17.1. The number of H-pyrrole nitrogens is 1. The van der Waals surface area contributed by atoms with Gasteiger partial charge in [-0.1, -0.05) is 38.8 Å². The van der Waals surface area contributed by atoms with E-state index < -0.39 is 17.4 Å². The van der Waals surface area contributed by atoms with Gasteiger partial charge in [0.15, 0.2) is 0 Å². The Morgan fingerprint density at radius 1 is 1.46 bits per heavy atom. The number of nitrogens with one attached hydrogen (secondary N) is 1. The number of amides is 2. The standard InChI is InChI=1S/C21H30N4O3/c1-5-14(6-2)10-25-12-21-8-7-15(28-21)17(18(21)20(25)27)19(26)24(4)11-16-22-9-13(3)23-16/h7-9,14-15,17-18H,5-6,10-12H2,1-4H3,(H,22,23)/t15-,17-,18+,21-/m0/s1. The molecule has 2 amide bonds. The van der Waals surface area contributed by atoms with Gasteiger partial charge in [-0.3, -0.25) is 9.59 Å². The van der Waals surface area contributed by atoms with Crippen LogP contribution in [0.4, 0.5) is 0 Å². The number of rotatable bonds is 7. The smallest absolute Gasteiger partial charge is 0.230 e. The summed E-state index contributed by atoms with van der Waals surface area (Å²) in [6.07, 6.45) is 7.53. The molecule has 2 saturated heterocycles. The minimum absolute atomic E-state index is 0.0481. The van der Waals surface area contributed by atoms with Crippen molar-refractivity contribution in [3.8, 4) is 0 Å². The molecule has 1 aromatic heterocycles. The lowest BCUT2D eigenvalue weighted by atomic mass is 9.76. The Morgan fingerprint density at radius 3 is 2.86 bits per heavy atom. The summed E-state index contributed by atoms with van der Waals surface area (Å²) in [7, 11) is 1.77. The molecule has 28 heavy (non-hydrogen) atoms. The minimum Gasteiger partial charge on any atom is -0.360 e. The van der Waals surface area contributed by atoms with Gasteiger partial charge in [0, 0.05) is 25.5 Å². The second-order valence-corrected chi connectivity index (χ2v) is 8.51. The van der Waals surface area contributed by atoms with Crippen LogP contribution in [0, 0.1) is 24.7 Å². The van der Waals surface area contributed by atoms with Crippen LogP contribution in [0.2, 0.25) is 0 Å². The molecule has 0 unspecified atom stereocenters. The summed E-state index contributed by atoms with van der Waals surface area (Å²) in [5.74, 6) is 0.387. The van der Waals surface area contributed by atoms with Crippen molar-refractivity contribution in [2.24, 2.45) is 17.8 Å². The molecule has 2 bridgehead atoms. The van der Waals surface area contributed by atoms with E-state index in [1.54, 1.807) is 18.1 Å².